The molecule has 0 saturated heterocycles. The van der Waals surface area contributed by atoms with Gasteiger partial charge in [0.05, 0.1) is 0 Å². The Morgan fingerprint density at radius 3 is 3.00 bits per heavy atom. The molecule has 11 heavy (non-hydrogen) atoms. The van der Waals surface area contributed by atoms with Crippen LogP contribution in [0.2, 0.25) is 0 Å². The first-order chi connectivity index (χ1) is 5.24. The van der Waals surface area contributed by atoms with Crippen LogP contribution in [0.1, 0.15) is 16.1 Å². The quantitative estimate of drug-likeness (QED) is 0.646. The van der Waals surface area contributed by atoms with E-state index < -0.39 is 5.97 Å². The molecule has 1 heterocycles. The lowest BCUT2D eigenvalue weighted by molar-refractivity contribution is 0.0745. The van der Waals surface area contributed by atoms with E-state index in [4.69, 9.17) is 11.9 Å². The number of carbonyl (C=O) groups excluding carboxylic acids is 1. The third-order valence-electron chi connectivity index (χ3n) is 1.19. The first kappa shape index (κ1) is 8.01. The van der Waals surface area contributed by atoms with E-state index in [1.807, 2.05) is 6.92 Å². The van der Waals surface area contributed by atoms with Crippen molar-refractivity contribution < 1.29 is 9.08 Å². The lowest BCUT2D eigenvalue weighted by Gasteiger charge is -1.95. The lowest BCUT2D eigenvalue weighted by atomic mass is 10.2. The van der Waals surface area contributed by atoms with Crippen LogP contribution in [-0.2, 0) is 4.29 Å². The highest BCUT2D eigenvalue weighted by Gasteiger charge is 2.06. The summed E-state index contributed by atoms with van der Waals surface area (Å²) in [4.78, 5) is 14.5. The molecule has 0 amide bonds. The van der Waals surface area contributed by atoms with Crippen molar-refractivity contribution in [3.05, 3.63) is 29.6 Å². The molecule has 0 radical (unpaired) electrons. The highest BCUT2D eigenvalue weighted by molar-refractivity contribution is 6.15. The topological polar surface area (TPSA) is 39.2 Å². The van der Waals surface area contributed by atoms with Gasteiger partial charge in [-0.15, -0.1) is 0 Å². The van der Waals surface area contributed by atoms with Crippen molar-refractivity contribution >= 4 is 17.8 Å². The minimum absolute atomic E-state index is 0.222. The van der Waals surface area contributed by atoms with Crippen molar-refractivity contribution in [3.63, 3.8) is 0 Å². The molecule has 3 nitrogen and oxygen atoms in total. The van der Waals surface area contributed by atoms with E-state index in [1.165, 1.54) is 6.20 Å². The SMILES string of the molecule is Cc1ccnc(C(=O)OCl)c1. The maximum atomic E-state index is 10.7. The number of hydrogen-bond acceptors (Lipinski definition) is 3. The van der Waals surface area contributed by atoms with Crippen LogP contribution >= 0.6 is 11.9 Å². The predicted octanol–water partition coefficient (Wildman–Crippen LogP) is 1.70. The Morgan fingerprint density at radius 2 is 2.45 bits per heavy atom. The Kier molecular flexibility index (Phi) is 2.44. The fourth-order valence-corrected chi connectivity index (χ4v) is 0.766. The van der Waals surface area contributed by atoms with Gasteiger partial charge < -0.3 is 4.29 Å². The van der Waals surface area contributed by atoms with Gasteiger partial charge in [0, 0.05) is 6.20 Å². The molecule has 0 unspecified atom stereocenters. The summed E-state index contributed by atoms with van der Waals surface area (Å²) in [5, 5.41) is 0. The van der Waals surface area contributed by atoms with Crippen LogP contribution in [-0.4, -0.2) is 11.0 Å². The molecule has 0 spiro atoms. The first-order valence-corrected chi connectivity index (χ1v) is 3.30. The zero-order valence-electron chi connectivity index (χ0n) is 5.87. The number of nitrogens with zero attached hydrogens (tertiary/aromatic N) is 1. The summed E-state index contributed by atoms with van der Waals surface area (Å²) >= 11 is 4.85. The first-order valence-electron chi connectivity index (χ1n) is 2.99. The van der Waals surface area contributed by atoms with E-state index in [0.717, 1.165) is 5.56 Å². The molecule has 0 aromatic carbocycles. The van der Waals surface area contributed by atoms with Crippen molar-refractivity contribution in [2.24, 2.45) is 0 Å². The number of carbonyl (C=O) groups is 1. The average Bonchev–Trinajstić information content (AvgIpc) is 2.03. The van der Waals surface area contributed by atoms with Gasteiger partial charge in [-0.2, -0.15) is 0 Å². The van der Waals surface area contributed by atoms with Gasteiger partial charge in [0.2, 0.25) is 0 Å². The van der Waals surface area contributed by atoms with Gasteiger partial charge in [0.15, 0.2) is 0 Å². The molecule has 0 aliphatic rings. The maximum Gasteiger partial charge on any atom is 0.374 e. The smallest absolute Gasteiger partial charge is 0.342 e. The Labute approximate surface area is 69.1 Å². The van der Waals surface area contributed by atoms with Crippen molar-refractivity contribution in [2.45, 2.75) is 6.92 Å². The summed E-state index contributed by atoms with van der Waals surface area (Å²) < 4.78 is 3.96. The molecule has 58 valence electrons. The molecular formula is C7H6ClNO2. The normalized spacial score (nSPS) is 9.27. The maximum absolute atomic E-state index is 10.7. The Bertz CT molecular complexity index is 275. The van der Waals surface area contributed by atoms with Crippen LogP contribution in [0, 0.1) is 6.92 Å². The Morgan fingerprint density at radius 1 is 1.73 bits per heavy atom. The molecule has 0 aliphatic heterocycles. The summed E-state index contributed by atoms with van der Waals surface area (Å²) in [6.45, 7) is 1.85. The molecule has 0 N–H and O–H groups in total. The van der Waals surface area contributed by atoms with Crippen molar-refractivity contribution in [1.82, 2.24) is 4.98 Å². The van der Waals surface area contributed by atoms with Gasteiger partial charge >= 0.3 is 5.97 Å². The van der Waals surface area contributed by atoms with E-state index in [0.29, 0.717) is 0 Å². The van der Waals surface area contributed by atoms with E-state index in [1.54, 1.807) is 12.1 Å². The van der Waals surface area contributed by atoms with Crippen LogP contribution in [0.4, 0.5) is 0 Å². The number of halogens is 1. The van der Waals surface area contributed by atoms with E-state index >= 15 is 0 Å². The summed E-state index contributed by atoms with van der Waals surface area (Å²) in [6, 6.07) is 3.38. The van der Waals surface area contributed by atoms with Gasteiger partial charge in [-0.25, -0.2) is 9.78 Å². The number of pyridine rings is 1. The Hall–Kier alpha value is -1.09. The average molecular weight is 172 g/mol. The minimum Gasteiger partial charge on any atom is -0.342 e. The third-order valence-corrected chi connectivity index (χ3v) is 1.33. The second-order valence-corrected chi connectivity index (χ2v) is 2.24. The molecule has 0 fully saturated rings. The third kappa shape index (κ3) is 1.91. The van der Waals surface area contributed by atoms with Crippen LogP contribution in [0.5, 0.6) is 0 Å². The number of hydrogen-bond donors (Lipinski definition) is 0. The number of aryl methyl sites for hydroxylation is 1. The monoisotopic (exact) mass is 171 g/mol. The molecule has 1 aromatic rings. The highest BCUT2D eigenvalue weighted by Crippen LogP contribution is 2.02. The molecule has 1 rings (SSSR count). The second kappa shape index (κ2) is 3.34. The second-order valence-electron chi connectivity index (χ2n) is 2.08. The fraction of sp³-hybridized carbons (Fsp3) is 0.143. The zero-order chi connectivity index (χ0) is 8.27. The molecule has 1 aromatic heterocycles. The summed E-state index contributed by atoms with van der Waals surface area (Å²) in [7, 11) is 0. The predicted molar refractivity (Wildman–Crippen MR) is 40.2 cm³/mol. The van der Waals surface area contributed by atoms with Crippen LogP contribution in [0.15, 0.2) is 18.3 Å². The molecule has 0 bridgehead atoms. The number of rotatable bonds is 1. The van der Waals surface area contributed by atoms with Gasteiger partial charge in [-0.05, 0) is 24.6 Å². The van der Waals surface area contributed by atoms with E-state index in [9.17, 15) is 4.79 Å². The fourth-order valence-electron chi connectivity index (χ4n) is 0.687. The molecule has 0 saturated carbocycles. The van der Waals surface area contributed by atoms with Crippen LogP contribution < -0.4 is 0 Å². The summed E-state index contributed by atoms with van der Waals surface area (Å²) in [5.74, 6) is -0.629. The van der Waals surface area contributed by atoms with Crippen LogP contribution in [0.25, 0.3) is 0 Å². The van der Waals surface area contributed by atoms with Gasteiger partial charge in [-0.1, -0.05) is 0 Å². The van der Waals surface area contributed by atoms with Gasteiger partial charge in [0.25, 0.3) is 0 Å². The van der Waals surface area contributed by atoms with Gasteiger partial charge in [0.1, 0.15) is 17.6 Å². The number of aromatic nitrogens is 1. The highest BCUT2D eigenvalue weighted by atomic mass is 35.5. The van der Waals surface area contributed by atoms with Crippen molar-refractivity contribution in [3.8, 4) is 0 Å². The molecule has 0 atom stereocenters. The molecular weight excluding hydrogens is 166 g/mol. The molecule has 4 heteroatoms. The largest absolute Gasteiger partial charge is 0.374 e. The van der Waals surface area contributed by atoms with Crippen LogP contribution in [0.3, 0.4) is 0 Å². The van der Waals surface area contributed by atoms with Gasteiger partial charge in [-0.3, -0.25) is 0 Å². The zero-order valence-corrected chi connectivity index (χ0v) is 6.63. The van der Waals surface area contributed by atoms with E-state index in [-0.39, 0.29) is 5.69 Å². The Balaban J connectivity index is 2.96. The van der Waals surface area contributed by atoms with Crippen molar-refractivity contribution in [1.29, 1.82) is 0 Å². The van der Waals surface area contributed by atoms with E-state index in [2.05, 4.69) is 9.27 Å². The molecule has 0 aliphatic carbocycles. The minimum atomic E-state index is -0.629. The summed E-state index contributed by atoms with van der Waals surface area (Å²) in [5.41, 5.74) is 1.16. The standard InChI is InChI=1S/C7H6ClNO2/c1-5-2-3-9-6(4-5)7(10)11-8/h2-4H,1H3. The lowest BCUT2D eigenvalue weighted by Crippen LogP contribution is -2.00. The summed E-state index contributed by atoms with van der Waals surface area (Å²) in [6.07, 6.45) is 1.53. The van der Waals surface area contributed by atoms with Crippen molar-refractivity contribution in [2.75, 3.05) is 0 Å².